The summed E-state index contributed by atoms with van der Waals surface area (Å²) < 4.78 is 11.5. The number of benzene rings is 3. The van der Waals surface area contributed by atoms with Crippen LogP contribution in [0.4, 0.5) is 11.4 Å². The first-order valence-corrected chi connectivity index (χ1v) is 12.7. The third kappa shape index (κ3) is 5.55. The van der Waals surface area contributed by atoms with Gasteiger partial charge in [-0.25, -0.2) is 4.98 Å². The average molecular weight is 541 g/mol. The number of anilines is 1. The van der Waals surface area contributed by atoms with Crippen LogP contribution >= 0.6 is 12.2 Å². The smallest absolute Gasteiger partial charge is 0.293 e. The predicted molar refractivity (Wildman–Crippen MR) is 153 cm³/mol. The Morgan fingerprint density at radius 1 is 1.05 bits per heavy atom. The van der Waals surface area contributed by atoms with Crippen LogP contribution in [-0.2, 0) is 0 Å². The lowest BCUT2D eigenvalue weighted by Crippen LogP contribution is -2.33. The number of aromatic nitrogens is 1. The Hall–Kier alpha value is -4.83. The number of rotatable bonds is 7. The molecule has 2 heterocycles. The molecule has 0 aliphatic carbocycles. The minimum absolute atomic E-state index is 0.0323. The maximum absolute atomic E-state index is 12.6. The summed E-state index contributed by atoms with van der Waals surface area (Å²) in [5.74, 6) is 0.551. The van der Waals surface area contributed by atoms with Gasteiger partial charge in [0.2, 0.25) is 5.89 Å². The summed E-state index contributed by atoms with van der Waals surface area (Å²) in [6.07, 6.45) is 1.05. The maximum Gasteiger partial charge on any atom is 0.293 e. The lowest BCUT2D eigenvalue weighted by Gasteiger charge is -2.09. The molecule has 0 fully saturated rings. The number of thiocarbonyl (C=S) groups is 1. The monoisotopic (exact) mass is 540 g/mol. The molecule has 9 nitrogen and oxygen atoms in total. The molecular weight excluding hydrogens is 516 g/mol. The molecule has 0 bridgehead atoms. The van der Waals surface area contributed by atoms with Gasteiger partial charge in [-0.3, -0.25) is 20.2 Å². The van der Waals surface area contributed by atoms with Crippen molar-refractivity contribution in [1.29, 1.82) is 0 Å². The van der Waals surface area contributed by atoms with Crippen molar-refractivity contribution in [2.45, 2.75) is 26.2 Å². The number of fused-ring (bicyclic) bond motifs is 1. The van der Waals surface area contributed by atoms with Crippen molar-refractivity contribution in [3.63, 3.8) is 0 Å². The molecule has 1 amide bonds. The van der Waals surface area contributed by atoms with E-state index in [2.05, 4.69) is 41.6 Å². The van der Waals surface area contributed by atoms with E-state index in [1.54, 1.807) is 30.3 Å². The minimum atomic E-state index is -0.586. The van der Waals surface area contributed by atoms with Gasteiger partial charge in [-0.15, -0.1) is 0 Å². The lowest BCUT2D eigenvalue weighted by molar-refractivity contribution is -0.384. The average Bonchev–Trinajstić information content (AvgIpc) is 3.60. The Kier molecular flexibility index (Phi) is 7.20. The standard InChI is InChI=1S/C29H24N4O5S/c1-3-17(2)19-10-13-25-22(16-19)31-28(38-25)18-8-11-20(12-9-18)30-29(39)32-27(34)26-15-14-24(37-26)21-6-4-5-7-23(21)33(35)36/h4-17H,3H2,1-2H3,(H2,30,32,34,39)/t17-/m1/s1. The number of hydrogen-bond acceptors (Lipinski definition) is 7. The van der Waals surface area contributed by atoms with Gasteiger partial charge in [0, 0.05) is 17.3 Å². The van der Waals surface area contributed by atoms with Gasteiger partial charge in [0.25, 0.3) is 11.6 Å². The van der Waals surface area contributed by atoms with Gasteiger partial charge in [0.15, 0.2) is 16.5 Å². The highest BCUT2D eigenvalue weighted by Crippen LogP contribution is 2.31. The zero-order chi connectivity index (χ0) is 27.5. The quantitative estimate of drug-likeness (QED) is 0.125. The Balaban J connectivity index is 1.23. The van der Waals surface area contributed by atoms with Gasteiger partial charge in [0.05, 0.1) is 10.5 Å². The molecule has 0 aliphatic rings. The molecule has 2 aromatic heterocycles. The van der Waals surface area contributed by atoms with E-state index in [1.807, 2.05) is 18.2 Å². The van der Waals surface area contributed by atoms with Crippen LogP contribution in [0.2, 0.25) is 0 Å². The number of carbonyl (C=O) groups excluding carboxylic acids is 1. The van der Waals surface area contributed by atoms with Gasteiger partial charge < -0.3 is 14.2 Å². The highest BCUT2D eigenvalue weighted by molar-refractivity contribution is 7.80. The number of oxazole rings is 1. The van der Waals surface area contributed by atoms with Gasteiger partial charge >= 0.3 is 0 Å². The zero-order valence-corrected chi connectivity index (χ0v) is 22.0. The fourth-order valence-electron chi connectivity index (χ4n) is 4.08. The van der Waals surface area contributed by atoms with E-state index < -0.39 is 10.8 Å². The van der Waals surface area contributed by atoms with Crippen molar-refractivity contribution < 1.29 is 18.6 Å². The van der Waals surface area contributed by atoms with Crippen LogP contribution < -0.4 is 10.6 Å². The molecule has 0 saturated carbocycles. The molecule has 3 aromatic carbocycles. The molecule has 1 atom stereocenters. The van der Waals surface area contributed by atoms with Crippen LogP contribution in [0.25, 0.3) is 33.9 Å². The number of carbonyl (C=O) groups is 1. The molecule has 5 rings (SSSR count). The van der Waals surface area contributed by atoms with E-state index in [4.69, 9.17) is 21.1 Å². The second-order valence-corrected chi connectivity index (χ2v) is 9.39. The highest BCUT2D eigenvalue weighted by atomic mass is 32.1. The maximum atomic E-state index is 12.6. The minimum Gasteiger partial charge on any atom is -0.451 e. The summed E-state index contributed by atoms with van der Waals surface area (Å²) in [6, 6.07) is 22.5. The van der Waals surface area contributed by atoms with E-state index in [9.17, 15) is 14.9 Å². The lowest BCUT2D eigenvalue weighted by atomic mass is 9.98. The summed E-state index contributed by atoms with van der Waals surface area (Å²) in [5.41, 5.74) is 4.38. The summed E-state index contributed by atoms with van der Waals surface area (Å²) in [6.45, 7) is 4.34. The number of nitrogens with zero attached hydrogens (tertiary/aromatic N) is 2. The molecule has 2 N–H and O–H groups in total. The third-order valence-electron chi connectivity index (χ3n) is 6.41. The molecule has 0 aliphatic heterocycles. The third-order valence-corrected chi connectivity index (χ3v) is 6.61. The van der Waals surface area contributed by atoms with Gasteiger partial charge in [-0.2, -0.15) is 0 Å². The molecule has 0 radical (unpaired) electrons. The van der Waals surface area contributed by atoms with Crippen LogP contribution in [0.1, 0.15) is 42.3 Å². The van der Waals surface area contributed by atoms with E-state index >= 15 is 0 Å². The Labute approximate surface area is 229 Å². The number of furan rings is 1. The summed E-state index contributed by atoms with van der Waals surface area (Å²) >= 11 is 5.28. The first-order chi connectivity index (χ1) is 18.8. The number of nitro groups is 1. The summed E-state index contributed by atoms with van der Waals surface area (Å²) in [5, 5.41) is 16.9. The van der Waals surface area contributed by atoms with Crippen molar-refractivity contribution in [2.75, 3.05) is 5.32 Å². The van der Waals surface area contributed by atoms with Crippen molar-refractivity contribution in [3.05, 3.63) is 100 Å². The zero-order valence-electron chi connectivity index (χ0n) is 21.1. The number of nitro benzene ring substituents is 1. The SMILES string of the molecule is CC[C@@H](C)c1ccc2oc(-c3ccc(NC(=S)NC(=O)c4ccc(-c5ccccc5[N+](=O)[O-])o4)cc3)nc2c1. The van der Waals surface area contributed by atoms with Gasteiger partial charge in [-0.1, -0.05) is 32.0 Å². The molecule has 10 heteroatoms. The van der Waals surface area contributed by atoms with Crippen LogP contribution in [0.3, 0.4) is 0 Å². The molecule has 0 unspecified atom stereocenters. The fraction of sp³-hybridized carbons (Fsp3) is 0.138. The summed E-state index contributed by atoms with van der Waals surface area (Å²) in [7, 11) is 0. The van der Waals surface area contributed by atoms with E-state index in [0.717, 1.165) is 23.1 Å². The van der Waals surface area contributed by atoms with Gasteiger partial charge in [0.1, 0.15) is 11.3 Å². The number of amides is 1. The van der Waals surface area contributed by atoms with Crippen molar-refractivity contribution >= 4 is 45.7 Å². The second kappa shape index (κ2) is 10.9. The first-order valence-electron chi connectivity index (χ1n) is 12.3. The van der Waals surface area contributed by atoms with E-state index in [-0.39, 0.29) is 27.9 Å². The molecule has 0 saturated heterocycles. The van der Waals surface area contributed by atoms with Gasteiger partial charge in [-0.05, 0) is 84.7 Å². The van der Waals surface area contributed by atoms with Crippen LogP contribution in [0.15, 0.2) is 87.7 Å². The fourth-order valence-corrected chi connectivity index (χ4v) is 4.29. The van der Waals surface area contributed by atoms with Crippen molar-refractivity contribution in [3.8, 4) is 22.8 Å². The highest BCUT2D eigenvalue weighted by Gasteiger charge is 2.20. The second-order valence-electron chi connectivity index (χ2n) is 8.98. The predicted octanol–water partition coefficient (Wildman–Crippen LogP) is 7.30. The van der Waals surface area contributed by atoms with Crippen LogP contribution in [0, 0.1) is 10.1 Å². The molecular formula is C29H24N4O5S. The number of para-hydroxylation sites is 1. The van der Waals surface area contributed by atoms with E-state index in [0.29, 0.717) is 17.5 Å². The molecule has 5 aromatic rings. The van der Waals surface area contributed by atoms with E-state index in [1.165, 1.54) is 23.8 Å². The summed E-state index contributed by atoms with van der Waals surface area (Å²) in [4.78, 5) is 28.1. The topological polar surface area (TPSA) is 123 Å². The Morgan fingerprint density at radius 3 is 2.56 bits per heavy atom. The molecule has 39 heavy (non-hydrogen) atoms. The Bertz CT molecular complexity index is 1690. The Morgan fingerprint density at radius 2 is 1.82 bits per heavy atom. The number of nitrogens with one attached hydrogen (secondary N) is 2. The largest absolute Gasteiger partial charge is 0.451 e. The number of hydrogen-bond donors (Lipinski definition) is 2. The normalized spacial score (nSPS) is 11.7. The first kappa shape index (κ1) is 25.8. The van der Waals surface area contributed by atoms with Crippen LogP contribution in [0.5, 0.6) is 0 Å². The van der Waals surface area contributed by atoms with Crippen molar-refractivity contribution in [2.24, 2.45) is 0 Å². The van der Waals surface area contributed by atoms with Crippen LogP contribution in [-0.4, -0.2) is 20.9 Å². The molecule has 196 valence electrons. The van der Waals surface area contributed by atoms with Crippen molar-refractivity contribution in [1.82, 2.24) is 10.3 Å². The molecule has 0 spiro atoms.